The van der Waals surface area contributed by atoms with Gasteiger partial charge in [0.1, 0.15) is 0 Å². The number of methoxy groups -OCH3 is 2. The molecule has 0 aliphatic heterocycles. The first-order chi connectivity index (χ1) is 7.86. The van der Waals surface area contributed by atoms with Crippen molar-refractivity contribution >= 4 is 67.8 Å². The van der Waals surface area contributed by atoms with Crippen LogP contribution in [0.1, 0.15) is 13.8 Å². The van der Waals surface area contributed by atoms with E-state index in [1.54, 1.807) is 0 Å². The van der Waals surface area contributed by atoms with Gasteiger partial charge in [-0.15, -0.1) is 0 Å². The van der Waals surface area contributed by atoms with Gasteiger partial charge in [0.2, 0.25) is 0 Å². The fourth-order valence-corrected chi connectivity index (χ4v) is 13.8. The first kappa shape index (κ1) is 19.8. The Morgan fingerprint density at radius 3 is 1.59 bits per heavy atom. The molecular formula is C11H21I4O2-. The molecule has 6 heteroatoms. The molecule has 0 fully saturated rings. The first-order valence-electron chi connectivity index (χ1n) is 5.15. The third kappa shape index (κ3) is 3.54. The fourth-order valence-electron chi connectivity index (χ4n) is 1.89. The molecule has 0 amide bonds. The van der Waals surface area contributed by atoms with Crippen molar-refractivity contribution < 1.29 is 30.7 Å². The number of halogens is 4. The summed E-state index contributed by atoms with van der Waals surface area (Å²) in [5, 5.41) is 0. The van der Waals surface area contributed by atoms with Crippen LogP contribution in [0.4, 0.5) is 0 Å². The molecule has 0 radical (unpaired) electrons. The zero-order valence-corrected chi connectivity index (χ0v) is 19.6. The van der Waals surface area contributed by atoms with Gasteiger partial charge in [-0.3, -0.25) is 0 Å². The Kier molecular flexibility index (Phi) is 9.71. The van der Waals surface area contributed by atoms with Crippen LogP contribution in [0, 0.1) is 5.41 Å². The van der Waals surface area contributed by atoms with Gasteiger partial charge in [-0.2, -0.15) is 0 Å². The van der Waals surface area contributed by atoms with Crippen molar-refractivity contribution in [2.75, 3.05) is 32.4 Å². The van der Waals surface area contributed by atoms with E-state index in [9.17, 15) is 0 Å². The Bertz CT molecular complexity index is 217. The van der Waals surface area contributed by atoms with Crippen LogP contribution in [0.25, 0.3) is 0 Å². The molecule has 0 heterocycles. The fraction of sp³-hybridized carbons (Fsp3) is 1.00. The van der Waals surface area contributed by atoms with Gasteiger partial charge in [0, 0.05) is 0 Å². The summed E-state index contributed by atoms with van der Waals surface area (Å²) in [7, 11) is 3.68. The summed E-state index contributed by atoms with van der Waals surface area (Å²) < 4.78 is 15.0. The van der Waals surface area contributed by atoms with Crippen molar-refractivity contribution in [3.05, 3.63) is 0 Å². The quantitative estimate of drug-likeness (QED) is 0.277. The maximum absolute atomic E-state index is 6.02. The molecular weight excluding hydrogens is 672 g/mol. The molecule has 2 nitrogen and oxygen atoms in total. The van der Waals surface area contributed by atoms with Crippen molar-refractivity contribution in [2.24, 2.45) is 5.41 Å². The van der Waals surface area contributed by atoms with E-state index in [1.165, 1.54) is 0 Å². The van der Waals surface area contributed by atoms with E-state index in [4.69, 9.17) is 9.47 Å². The van der Waals surface area contributed by atoms with E-state index in [2.05, 4.69) is 86.6 Å². The van der Waals surface area contributed by atoms with Crippen molar-refractivity contribution in [2.45, 2.75) is 23.1 Å². The zero-order chi connectivity index (χ0) is 13.7. The molecule has 0 rings (SSSR count). The van der Waals surface area contributed by atoms with Gasteiger partial charge in [0.05, 0.1) is 0 Å². The minimum atomic E-state index is -0.174. The van der Waals surface area contributed by atoms with Crippen LogP contribution in [0.3, 0.4) is 0 Å². The molecule has 0 saturated heterocycles. The second-order valence-corrected chi connectivity index (χ2v) is 9.43. The number of hydrogen-bond acceptors (Lipinski definition) is 2. The summed E-state index contributed by atoms with van der Waals surface area (Å²) >= 11 is 7.42. The Morgan fingerprint density at radius 1 is 0.941 bits per heavy atom. The first-order valence-corrected chi connectivity index (χ1v) is 13.0. The van der Waals surface area contributed by atoms with Crippen LogP contribution in [-0.4, -0.2) is 41.6 Å². The van der Waals surface area contributed by atoms with Crippen molar-refractivity contribution in [1.29, 1.82) is 0 Å². The summed E-state index contributed by atoms with van der Waals surface area (Å²) in [6, 6.07) is 0. The van der Waals surface area contributed by atoms with Crippen molar-refractivity contribution in [1.82, 2.24) is 0 Å². The van der Waals surface area contributed by atoms with Gasteiger partial charge < -0.3 is 0 Å². The van der Waals surface area contributed by atoms with Crippen molar-refractivity contribution in [3.63, 3.8) is 0 Å². The molecule has 0 aromatic carbocycles. The molecule has 0 bridgehead atoms. The maximum atomic E-state index is 6.02. The molecule has 1 unspecified atom stereocenters. The van der Waals surface area contributed by atoms with Crippen molar-refractivity contribution in [3.8, 4) is 0 Å². The summed E-state index contributed by atoms with van der Waals surface area (Å²) in [6.45, 7) is 4.40. The van der Waals surface area contributed by atoms with Crippen LogP contribution in [0.2, 0.25) is 0 Å². The molecule has 17 heavy (non-hydrogen) atoms. The van der Waals surface area contributed by atoms with Crippen LogP contribution < -0.4 is 21.2 Å². The van der Waals surface area contributed by atoms with E-state index in [0.29, 0.717) is 0 Å². The van der Waals surface area contributed by atoms with Gasteiger partial charge in [0.15, 0.2) is 0 Å². The zero-order valence-electron chi connectivity index (χ0n) is 10.9. The average molecular weight is 693 g/mol. The molecule has 0 aromatic rings. The molecule has 0 aromatic heterocycles. The van der Waals surface area contributed by atoms with E-state index in [0.717, 1.165) is 13.3 Å². The molecule has 106 valence electrons. The third-order valence-corrected chi connectivity index (χ3v) is 12.4. The molecule has 0 aliphatic carbocycles. The van der Waals surface area contributed by atoms with E-state index in [-0.39, 0.29) is 35.8 Å². The second-order valence-electron chi connectivity index (χ2n) is 4.32. The molecule has 0 saturated carbocycles. The predicted molar refractivity (Wildman–Crippen MR) is 95.8 cm³/mol. The van der Waals surface area contributed by atoms with Gasteiger partial charge in [-0.05, 0) is 0 Å². The van der Waals surface area contributed by atoms with E-state index < -0.39 is 0 Å². The average Bonchev–Trinajstić information content (AvgIpc) is 2.36. The summed E-state index contributed by atoms with van der Waals surface area (Å²) in [6.07, 6.45) is 0. The van der Waals surface area contributed by atoms with Crippen LogP contribution in [0.5, 0.6) is 0 Å². The van der Waals surface area contributed by atoms with Gasteiger partial charge in [-0.1, -0.05) is 0 Å². The van der Waals surface area contributed by atoms with E-state index >= 15 is 0 Å². The van der Waals surface area contributed by atoms with Gasteiger partial charge in [-0.25, -0.2) is 0 Å². The Labute approximate surface area is 157 Å². The summed E-state index contributed by atoms with van der Waals surface area (Å²) in [5.74, 6) is 0. The summed E-state index contributed by atoms with van der Waals surface area (Å²) in [4.78, 5) is 2.32. The van der Waals surface area contributed by atoms with E-state index in [1.807, 2.05) is 14.2 Å². The molecule has 1 atom stereocenters. The number of hydrogen-bond donors (Lipinski definition) is 0. The van der Waals surface area contributed by atoms with Crippen LogP contribution in [0.15, 0.2) is 0 Å². The normalized spacial score (nSPS) is 17.2. The molecule has 0 spiro atoms. The third-order valence-electron chi connectivity index (χ3n) is 3.63. The predicted octanol–water partition coefficient (Wildman–Crippen LogP) is 0.764. The number of alkyl halides is 5. The SMILES string of the molecule is COC(C)(C)C(CI)(CI)C(CI)(OC)[I-]C. The standard InChI is InChI=1S/C11H21I4O2/c1-9(2,16-4)10(6-12,7-13)11(8-14,15-3)17-5/h6-8H2,1-5H3/q-1. The second kappa shape index (κ2) is 8.32. The Balaban J connectivity index is 5.76. The molecule has 0 aliphatic rings. The van der Waals surface area contributed by atoms with Crippen LogP contribution >= 0.6 is 67.8 Å². The minimum absolute atomic E-state index is 0.0195. The van der Waals surface area contributed by atoms with Gasteiger partial charge >= 0.3 is 159 Å². The van der Waals surface area contributed by atoms with Gasteiger partial charge in [0.25, 0.3) is 0 Å². The topological polar surface area (TPSA) is 18.5 Å². The number of ether oxygens (including phenoxy) is 2. The Morgan fingerprint density at radius 2 is 1.41 bits per heavy atom. The molecule has 0 N–H and O–H groups in total. The Hall–Kier alpha value is 2.84. The monoisotopic (exact) mass is 693 g/mol. The number of rotatable bonds is 8. The van der Waals surface area contributed by atoms with Crippen LogP contribution in [-0.2, 0) is 9.47 Å². The summed E-state index contributed by atoms with van der Waals surface area (Å²) in [5.41, 5.74) is -0.111.